The first-order valence-electron chi connectivity index (χ1n) is 24.4. The maximum Gasteiger partial charge on any atom is 0.179 e. The number of fused-ring (bicyclic) bond motifs is 12. The van der Waals surface area contributed by atoms with E-state index in [0.29, 0.717) is 0 Å². The van der Waals surface area contributed by atoms with Crippen LogP contribution in [0.4, 0.5) is 0 Å². The van der Waals surface area contributed by atoms with Gasteiger partial charge in [-0.1, -0.05) is 194 Å². The third-order valence-electron chi connectivity index (χ3n) is 15.2. The van der Waals surface area contributed by atoms with E-state index in [0.717, 1.165) is 11.4 Å². The molecule has 11 aromatic carbocycles. The van der Waals surface area contributed by atoms with Crippen LogP contribution in [0.5, 0.6) is 0 Å². The van der Waals surface area contributed by atoms with Crippen molar-refractivity contribution in [2.24, 2.45) is 0 Å². The minimum Gasteiger partial charge on any atom is -0.309 e. The van der Waals surface area contributed by atoms with Gasteiger partial charge in [-0.3, -0.25) is 0 Å². The summed E-state index contributed by atoms with van der Waals surface area (Å²) in [5.74, 6) is 0. The Hall–Kier alpha value is -8.74. The normalized spacial score (nSPS) is 12.2. The molecule has 4 heterocycles. The molecule has 15 rings (SSSR count). The first kappa shape index (κ1) is 40.2. The monoisotopic (exact) mass is 937 g/mol. The molecule has 0 saturated carbocycles. The van der Waals surface area contributed by atoms with E-state index >= 15 is 0 Å². The van der Waals surface area contributed by atoms with Crippen LogP contribution in [0.15, 0.2) is 261 Å². The van der Waals surface area contributed by atoms with Crippen LogP contribution in [-0.4, -0.2) is 21.8 Å². The highest BCUT2D eigenvalue weighted by Crippen LogP contribution is 2.44. The largest absolute Gasteiger partial charge is 0.309 e. The summed E-state index contributed by atoms with van der Waals surface area (Å²) in [4.78, 5) is 0. The zero-order valence-electron chi connectivity index (χ0n) is 38.6. The van der Waals surface area contributed by atoms with Crippen LogP contribution in [0.1, 0.15) is 0 Å². The third kappa shape index (κ3) is 5.82. The van der Waals surface area contributed by atoms with Crippen LogP contribution >= 0.6 is 11.3 Å². The number of aromatic nitrogens is 3. The SMILES string of the molecule is c1ccc([Si](c2ccccc2)(c2ccccc2)c2ccc3c(c2)c2ccccc2n3-c2cc(-n3c4ccccc4c4cc(-n5c6ccccc6c6ccccc65)ccc43)c3c(c2)sc2ccccc23)cc1. The molecular weight excluding hydrogens is 895 g/mol. The van der Waals surface area contributed by atoms with E-state index in [1.165, 1.54) is 112 Å². The molecule has 0 atom stereocenters. The highest BCUT2D eigenvalue weighted by Gasteiger charge is 2.41. The Morgan fingerprint density at radius 3 is 1.23 bits per heavy atom. The number of nitrogens with zero attached hydrogens (tertiary/aromatic N) is 3. The molecular formula is C66H43N3SSi. The summed E-state index contributed by atoms with van der Waals surface area (Å²) in [5.41, 5.74) is 10.6. The lowest BCUT2D eigenvalue weighted by Crippen LogP contribution is -2.74. The Kier molecular flexibility index (Phi) is 8.85. The van der Waals surface area contributed by atoms with Gasteiger partial charge >= 0.3 is 0 Å². The minimum atomic E-state index is -2.79. The summed E-state index contributed by atoms with van der Waals surface area (Å²) in [6.07, 6.45) is 0. The fourth-order valence-corrected chi connectivity index (χ4v) is 18.2. The third-order valence-corrected chi connectivity index (χ3v) is 21.1. The Morgan fingerprint density at radius 2 is 0.662 bits per heavy atom. The molecule has 0 aliphatic rings. The van der Waals surface area contributed by atoms with Crippen molar-refractivity contribution in [2.45, 2.75) is 0 Å². The van der Waals surface area contributed by atoms with E-state index < -0.39 is 8.07 Å². The summed E-state index contributed by atoms with van der Waals surface area (Å²) >= 11 is 1.88. The van der Waals surface area contributed by atoms with Crippen LogP contribution < -0.4 is 20.7 Å². The predicted molar refractivity (Wildman–Crippen MR) is 306 cm³/mol. The maximum absolute atomic E-state index is 2.79. The second kappa shape index (κ2) is 15.6. The molecule has 0 aliphatic carbocycles. The minimum absolute atomic E-state index is 1.14. The fraction of sp³-hybridized carbons (Fsp3) is 0. The molecule has 0 bridgehead atoms. The Bertz CT molecular complexity index is 4430. The standard InChI is InChI=1S/C66H43N3SSi/c1-4-20-46(21-5-1)71(47-22-6-2-7-23-47,48-24-8-3-9-25-48)49-37-39-61-56(43-49)53-29-12-17-33-59(53)68(61)45-41-63(66-54-30-14-19-35-64(54)70-65(66)42-45)69-60-34-18-13-28-52(60)55-40-44(36-38-62(55)69)67-57-31-15-10-26-50(57)51-27-11-16-32-58(51)67/h1-43H. The summed E-state index contributed by atoms with van der Waals surface area (Å²) in [5, 5.41) is 15.5. The first-order valence-corrected chi connectivity index (χ1v) is 27.2. The van der Waals surface area contributed by atoms with E-state index in [1.54, 1.807) is 0 Å². The highest BCUT2D eigenvalue weighted by molar-refractivity contribution is 7.26. The highest BCUT2D eigenvalue weighted by atomic mass is 32.1. The quantitative estimate of drug-likeness (QED) is 0.112. The van der Waals surface area contributed by atoms with Gasteiger partial charge in [0, 0.05) is 63.9 Å². The molecule has 15 aromatic rings. The molecule has 332 valence electrons. The number of thiophene rings is 1. The zero-order chi connectivity index (χ0) is 46.6. The van der Waals surface area contributed by atoms with E-state index in [2.05, 4.69) is 275 Å². The number of hydrogen-bond donors (Lipinski definition) is 0. The fourth-order valence-electron chi connectivity index (χ4n) is 12.2. The molecule has 0 N–H and O–H groups in total. The van der Waals surface area contributed by atoms with E-state index in [4.69, 9.17) is 0 Å². The van der Waals surface area contributed by atoms with Gasteiger partial charge in [-0.2, -0.15) is 0 Å². The van der Waals surface area contributed by atoms with Gasteiger partial charge in [0.2, 0.25) is 0 Å². The van der Waals surface area contributed by atoms with Crippen molar-refractivity contribution < 1.29 is 0 Å². The topological polar surface area (TPSA) is 14.8 Å². The van der Waals surface area contributed by atoms with Gasteiger partial charge < -0.3 is 13.7 Å². The average Bonchev–Trinajstić information content (AvgIpc) is 4.18. The van der Waals surface area contributed by atoms with Crippen molar-refractivity contribution in [3.63, 3.8) is 0 Å². The first-order chi connectivity index (χ1) is 35.2. The van der Waals surface area contributed by atoms with Crippen LogP contribution in [0.3, 0.4) is 0 Å². The van der Waals surface area contributed by atoms with Gasteiger partial charge in [-0.15, -0.1) is 11.3 Å². The average molecular weight is 938 g/mol. The summed E-state index contributed by atoms with van der Waals surface area (Å²) in [7, 11) is -2.79. The van der Waals surface area contributed by atoms with E-state index in [1.807, 2.05) is 11.3 Å². The zero-order valence-corrected chi connectivity index (χ0v) is 40.4. The van der Waals surface area contributed by atoms with E-state index in [-0.39, 0.29) is 0 Å². The van der Waals surface area contributed by atoms with Crippen molar-refractivity contribution in [3.8, 4) is 17.1 Å². The molecule has 0 amide bonds. The van der Waals surface area contributed by atoms with Crippen molar-refractivity contribution in [1.29, 1.82) is 0 Å². The smallest absolute Gasteiger partial charge is 0.179 e. The molecule has 3 nitrogen and oxygen atoms in total. The molecule has 0 fully saturated rings. The van der Waals surface area contributed by atoms with Crippen LogP contribution in [-0.2, 0) is 0 Å². The number of benzene rings is 11. The van der Waals surface area contributed by atoms with Crippen molar-refractivity contribution in [2.75, 3.05) is 0 Å². The Morgan fingerprint density at radius 1 is 0.254 bits per heavy atom. The van der Waals surface area contributed by atoms with Gasteiger partial charge in [0.1, 0.15) is 0 Å². The number of hydrogen-bond acceptors (Lipinski definition) is 1. The van der Waals surface area contributed by atoms with Crippen LogP contribution in [0, 0.1) is 0 Å². The summed E-state index contributed by atoms with van der Waals surface area (Å²) in [6, 6.07) is 97.6. The molecule has 0 radical (unpaired) electrons. The number of rotatable bonds is 7. The van der Waals surface area contributed by atoms with Crippen LogP contribution in [0.25, 0.3) is 103 Å². The van der Waals surface area contributed by atoms with Crippen molar-refractivity contribution in [1.82, 2.24) is 13.7 Å². The molecule has 5 heteroatoms. The molecule has 0 spiro atoms. The van der Waals surface area contributed by atoms with Gasteiger partial charge in [-0.05, 0) is 87.5 Å². The summed E-state index contributed by atoms with van der Waals surface area (Å²) in [6.45, 7) is 0. The van der Waals surface area contributed by atoms with Gasteiger partial charge in [-0.25, -0.2) is 0 Å². The predicted octanol–water partition coefficient (Wildman–Crippen LogP) is 14.7. The molecule has 0 saturated heterocycles. The molecule has 0 aliphatic heterocycles. The summed E-state index contributed by atoms with van der Waals surface area (Å²) < 4.78 is 10.0. The van der Waals surface area contributed by atoms with Crippen molar-refractivity contribution in [3.05, 3.63) is 261 Å². The molecule has 0 unspecified atom stereocenters. The lowest BCUT2D eigenvalue weighted by Gasteiger charge is -2.34. The molecule has 71 heavy (non-hydrogen) atoms. The maximum atomic E-state index is 2.54. The van der Waals surface area contributed by atoms with Gasteiger partial charge in [0.05, 0.1) is 38.8 Å². The van der Waals surface area contributed by atoms with Gasteiger partial charge in [0.25, 0.3) is 0 Å². The Labute approximate surface area is 415 Å². The van der Waals surface area contributed by atoms with Crippen molar-refractivity contribution >= 4 is 126 Å². The van der Waals surface area contributed by atoms with Gasteiger partial charge in [0.15, 0.2) is 8.07 Å². The van der Waals surface area contributed by atoms with Crippen LogP contribution in [0.2, 0.25) is 0 Å². The second-order valence-corrected chi connectivity index (χ2v) is 23.7. The molecule has 4 aromatic heterocycles. The lowest BCUT2D eigenvalue weighted by molar-refractivity contribution is 1.15. The lowest BCUT2D eigenvalue weighted by atomic mass is 10.1. The second-order valence-electron chi connectivity index (χ2n) is 18.8. The Balaban J connectivity index is 1.00. The van der Waals surface area contributed by atoms with E-state index in [9.17, 15) is 0 Å². The number of para-hydroxylation sites is 4.